The first-order chi connectivity index (χ1) is 6.86. The summed E-state index contributed by atoms with van der Waals surface area (Å²) in [6, 6.07) is 10.2. The fourth-order valence-electron chi connectivity index (χ4n) is 1.78. The van der Waals surface area contributed by atoms with Crippen LogP contribution in [-0.2, 0) is 0 Å². The molecule has 0 aliphatic heterocycles. The van der Waals surface area contributed by atoms with Crippen LogP contribution < -0.4 is 4.74 Å². The molecule has 1 aliphatic carbocycles. The number of rotatable bonds is 3. The minimum absolute atomic E-state index is 0.0196. The van der Waals surface area contributed by atoms with Crippen LogP contribution in [0.25, 0.3) is 0 Å². The number of nitriles is 1. The third kappa shape index (κ3) is 1.58. The van der Waals surface area contributed by atoms with Gasteiger partial charge in [0.05, 0.1) is 19.1 Å². The van der Waals surface area contributed by atoms with Gasteiger partial charge < -0.3 is 4.74 Å². The molecule has 0 radical (unpaired) electrons. The monoisotopic (exact) mass is 187 g/mol. The van der Waals surface area contributed by atoms with E-state index < -0.39 is 0 Å². The molecule has 2 heteroatoms. The Morgan fingerprint density at radius 1 is 1.43 bits per heavy atom. The maximum absolute atomic E-state index is 9.10. The van der Waals surface area contributed by atoms with E-state index in [1.54, 1.807) is 7.11 Å². The maximum Gasteiger partial charge on any atom is 0.123 e. The Bertz CT molecular complexity index is 363. The molecule has 0 spiro atoms. The van der Waals surface area contributed by atoms with Gasteiger partial charge in [-0.1, -0.05) is 18.2 Å². The highest BCUT2D eigenvalue weighted by molar-refractivity contribution is 5.40. The molecule has 2 rings (SSSR count). The normalized spacial score (nSPS) is 17.1. The lowest BCUT2D eigenvalue weighted by Gasteiger charge is -2.12. The van der Waals surface area contributed by atoms with Gasteiger partial charge >= 0.3 is 0 Å². The van der Waals surface area contributed by atoms with E-state index >= 15 is 0 Å². The fraction of sp³-hybridized carbons (Fsp3) is 0.417. The molecule has 1 atom stereocenters. The van der Waals surface area contributed by atoms with Gasteiger partial charge in [-0.2, -0.15) is 5.26 Å². The van der Waals surface area contributed by atoms with Crippen molar-refractivity contribution in [3.8, 4) is 11.8 Å². The van der Waals surface area contributed by atoms with Gasteiger partial charge in [-0.3, -0.25) is 0 Å². The quantitative estimate of drug-likeness (QED) is 0.728. The summed E-state index contributed by atoms with van der Waals surface area (Å²) in [5, 5.41) is 9.10. The van der Waals surface area contributed by atoms with E-state index in [0.29, 0.717) is 5.92 Å². The van der Waals surface area contributed by atoms with Crippen LogP contribution in [0.2, 0.25) is 0 Å². The Labute approximate surface area is 84.1 Å². The van der Waals surface area contributed by atoms with Crippen LogP contribution in [0.5, 0.6) is 5.75 Å². The number of benzene rings is 1. The Kier molecular flexibility index (Phi) is 2.41. The van der Waals surface area contributed by atoms with Crippen molar-refractivity contribution in [3.63, 3.8) is 0 Å². The molecule has 0 aromatic heterocycles. The zero-order chi connectivity index (χ0) is 9.97. The number of hydrogen-bond acceptors (Lipinski definition) is 2. The van der Waals surface area contributed by atoms with Gasteiger partial charge in [0.25, 0.3) is 0 Å². The summed E-state index contributed by atoms with van der Waals surface area (Å²) >= 11 is 0. The smallest absolute Gasteiger partial charge is 0.123 e. The molecule has 1 aliphatic rings. The van der Waals surface area contributed by atoms with Crippen LogP contribution in [0.15, 0.2) is 24.3 Å². The van der Waals surface area contributed by atoms with E-state index in [1.165, 1.54) is 12.8 Å². The lowest BCUT2D eigenvalue weighted by Crippen LogP contribution is -2.00. The first-order valence-electron chi connectivity index (χ1n) is 4.89. The molecule has 0 amide bonds. The molecule has 0 heterocycles. The van der Waals surface area contributed by atoms with E-state index in [2.05, 4.69) is 6.07 Å². The summed E-state index contributed by atoms with van der Waals surface area (Å²) in [7, 11) is 1.65. The van der Waals surface area contributed by atoms with Gasteiger partial charge in [0.1, 0.15) is 5.75 Å². The molecule has 1 fully saturated rings. The average molecular weight is 187 g/mol. The molecule has 14 heavy (non-hydrogen) atoms. The second-order valence-corrected chi connectivity index (χ2v) is 3.69. The van der Waals surface area contributed by atoms with Crippen molar-refractivity contribution in [3.05, 3.63) is 29.8 Å². The van der Waals surface area contributed by atoms with Crippen molar-refractivity contribution in [1.29, 1.82) is 5.26 Å². The highest BCUT2D eigenvalue weighted by Crippen LogP contribution is 2.44. The molecule has 0 saturated heterocycles. The van der Waals surface area contributed by atoms with Crippen molar-refractivity contribution < 1.29 is 4.74 Å². The summed E-state index contributed by atoms with van der Waals surface area (Å²) in [6.07, 6.45) is 2.35. The van der Waals surface area contributed by atoms with Crippen LogP contribution in [0.3, 0.4) is 0 Å². The lowest BCUT2D eigenvalue weighted by molar-refractivity contribution is 0.406. The predicted octanol–water partition coefficient (Wildman–Crippen LogP) is 2.71. The molecule has 0 N–H and O–H groups in total. The van der Waals surface area contributed by atoms with Gasteiger partial charge in [-0.05, 0) is 24.8 Å². The highest BCUT2D eigenvalue weighted by atomic mass is 16.5. The minimum Gasteiger partial charge on any atom is -0.496 e. The number of ether oxygens (including phenoxy) is 1. The Morgan fingerprint density at radius 3 is 2.71 bits per heavy atom. The fourth-order valence-corrected chi connectivity index (χ4v) is 1.78. The molecule has 1 aromatic carbocycles. The van der Waals surface area contributed by atoms with Crippen molar-refractivity contribution in [2.24, 2.45) is 5.92 Å². The summed E-state index contributed by atoms with van der Waals surface area (Å²) in [4.78, 5) is 0. The van der Waals surface area contributed by atoms with Crippen LogP contribution in [-0.4, -0.2) is 7.11 Å². The number of methoxy groups -OCH3 is 1. The SMILES string of the molecule is COc1ccccc1C(C#N)C1CC1. The molecular weight excluding hydrogens is 174 g/mol. The molecule has 0 bridgehead atoms. The van der Waals surface area contributed by atoms with Crippen molar-refractivity contribution >= 4 is 0 Å². The van der Waals surface area contributed by atoms with Crippen molar-refractivity contribution in [2.45, 2.75) is 18.8 Å². The second kappa shape index (κ2) is 3.71. The highest BCUT2D eigenvalue weighted by Gasteiger charge is 2.33. The van der Waals surface area contributed by atoms with E-state index in [9.17, 15) is 0 Å². The second-order valence-electron chi connectivity index (χ2n) is 3.69. The predicted molar refractivity (Wildman–Crippen MR) is 54.1 cm³/mol. The van der Waals surface area contributed by atoms with Crippen LogP contribution in [0.1, 0.15) is 24.3 Å². The largest absolute Gasteiger partial charge is 0.496 e. The number of hydrogen-bond donors (Lipinski definition) is 0. The molecule has 1 aromatic rings. The zero-order valence-electron chi connectivity index (χ0n) is 8.23. The van der Waals surface area contributed by atoms with E-state index in [4.69, 9.17) is 10.00 Å². The first kappa shape index (κ1) is 9.08. The Balaban J connectivity index is 2.33. The molecular formula is C12H13NO. The van der Waals surface area contributed by atoms with E-state index in [1.807, 2.05) is 24.3 Å². The van der Waals surface area contributed by atoms with Crippen LogP contribution >= 0.6 is 0 Å². The summed E-state index contributed by atoms with van der Waals surface area (Å²) < 4.78 is 5.25. The Hall–Kier alpha value is -1.49. The summed E-state index contributed by atoms with van der Waals surface area (Å²) in [5.41, 5.74) is 1.04. The zero-order valence-corrected chi connectivity index (χ0v) is 8.23. The molecule has 1 unspecified atom stereocenters. The van der Waals surface area contributed by atoms with Crippen molar-refractivity contribution in [2.75, 3.05) is 7.11 Å². The molecule has 2 nitrogen and oxygen atoms in total. The Morgan fingerprint density at radius 2 is 2.14 bits per heavy atom. The van der Waals surface area contributed by atoms with Crippen molar-refractivity contribution in [1.82, 2.24) is 0 Å². The van der Waals surface area contributed by atoms with Gasteiger partial charge in [0, 0.05) is 5.56 Å². The van der Waals surface area contributed by atoms with Crippen LogP contribution in [0.4, 0.5) is 0 Å². The third-order valence-corrected chi connectivity index (χ3v) is 2.71. The lowest BCUT2D eigenvalue weighted by atomic mass is 9.95. The van der Waals surface area contributed by atoms with Gasteiger partial charge in [0.2, 0.25) is 0 Å². The summed E-state index contributed by atoms with van der Waals surface area (Å²) in [6.45, 7) is 0. The van der Waals surface area contributed by atoms with Gasteiger partial charge in [0.15, 0.2) is 0 Å². The first-order valence-corrected chi connectivity index (χ1v) is 4.89. The average Bonchev–Trinajstić information content (AvgIpc) is 3.04. The number of para-hydroxylation sites is 1. The van der Waals surface area contributed by atoms with Gasteiger partial charge in [-0.15, -0.1) is 0 Å². The third-order valence-electron chi connectivity index (χ3n) is 2.71. The maximum atomic E-state index is 9.10. The van der Waals surface area contributed by atoms with Gasteiger partial charge in [-0.25, -0.2) is 0 Å². The topological polar surface area (TPSA) is 33.0 Å². The minimum atomic E-state index is 0.0196. The van der Waals surface area contributed by atoms with Crippen LogP contribution in [0, 0.1) is 17.2 Å². The van der Waals surface area contributed by atoms with E-state index in [-0.39, 0.29) is 5.92 Å². The molecule has 1 saturated carbocycles. The summed E-state index contributed by atoms with van der Waals surface area (Å²) in [5.74, 6) is 1.41. The standard InChI is InChI=1S/C12H13NO/c1-14-12-5-3-2-4-10(12)11(8-13)9-6-7-9/h2-5,9,11H,6-7H2,1H3. The molecule has 72 valence electrons. The van der Waals surface area contributed by atoms with E-state index in [0.717, 1.165) is 11.3 Å². The number of nitrogens with zero attached hydrogens (tertiary/aromatic N) is 1.